The van der Waals surface area contributed by atoms with E-state index in [1.54, 1.807) is 12.1 Å². The van der Waals surface area contributed by atoms with Crippen LogP contribution >= 0.6 is 15.9 Å². The summed E-state index contributed by atoms with van der Waals surface area (Å²) < 4.78 is 5.32. The fraction of sp³-hybridized carbons (Fsp3) is 0.308. The SMILES string of the molecule is COC(=O)N1CCC(C(=O)O)C(=O)c2cc(Br)ccc21. The molecule has 1 atom stereocenters. The lowest BCUT2D eigenvalue weighted by Crippen LogP contribution is -2.32. The lowest BCUT2D eigenvalue weighted by Gasteiger charge is -2.20. The number of fused-ring (bicyclic) bond motifs is 1. The number of rotatable bonds is 1. The van der Waals surface area contributed by atoms with Gasteiger partial charge in [-0.05, 0) is 24.6 Å². The van der Waals surface area contributed by atoms with E-state index < -0.39 is 23.8 Å². The van der Waals surface area contributed by atoms with Crippen LogP contribution in [0.5, 0.6) is 0 Å². The molecule has 106 valence electrons. The number of Topliss-reactive ketones (excluding diaryl/α,β-unsaturated/α-hetero) is 1. The molecule has 1 heterocycles. The molecule has 0 fully saturated rings. The zero-order valence-electron chi connectivity index (χ0n) is 10.6. The summed E-state index contributed by atoms with van der Waals surface area (Å²) in [6.07, 6.45) is -0.567. The highest BCUT2D eigenvalue weighted by Gasteiger charge is 2.35. The Hall–Kier alpha value is -1.89. The first kappa shape index (κ1) is 14.5. The molecule has 1 amide bonds. The molecule has 0 radical (unpaired) electrons. The molecule has 0 saturated heterocycles. The van der Waals surface area contributed by atoms with Crippen LogP contribution in [0.25, 0.3) is 0 Å². The highest BCUT2D eigenvalue weighted by atomic mass is 79.9. The van der Waals surface area contributed by atoms with Gasteiger partial charge in [0.1, 0.15) is 5.92 Å². The van der Waals surface area contributed by atoms with E-state index in [4.69, 9.17) is 5.11 Å². The second kappa shape index (κ2) is 5.62. The number of hydrogen-bond acceptors (Lipinski definition) is 4. The molecule has 0 bridgehead atoms. The van der Waals surface area contributed by atoms with Crippen LogP contribution in [-0.2, 0) is 9.53 Å². The molecule has 2 rings (SSSR count). The molecular weight excluding hydrogens is 330 g/mol. The summed E-state index contributed by atoms with van der Waals surface area (Å²) in [6, 6.07) is 4.80. The van der Waals surface area contributed by atoms with Crippen molar-refractivity contribution in [2.75, 3.05) is 18.6 Å². The third-order valence-electron chi connectivity index (χ3n) is 3.17. The lowest BCUT2D eigenvalue weighted by molar-refractivity contribution is -0.140. The van der Waals surface area contributed by atoms with E-state index in [0.29, 0.717) is 10.2 Å². The smallest absolute Gasteiger partial charge is 0.414 e. The van der Waals surface area contributed by atoms with Crippen molar-refractivity contribution in [3.05, 3.63) is 28.2 Å². The van der Waals surface area contributed by atoms with E-state index in [0.717, 1.165) is 0 Å². The normalized spacial score (nSPS) is 18.2. The topological polar surface area (TPSA) is 83.9 Å². The largest absolute Gasteiger partial charge is 0.481 e. The molecule has 1 unspecified atom stereocenters. The van der Waals surface area contributed by atoms with Crippen molar-refractivity contribution in [3.8, 4) is 0 Å². The summed E-state index contributed by atoms with van der Waals surface area (Å²) in [6.45, 7) is 0.115. The maximum absolute atomic E-state index is 12.3. The van der Waals surface area contributed by atoms with Crippen LogP contribution in [0.3, 0.4) is 0 Å². The third kappa shape index (κ3) is 2.53. The van der Waals surface area contributed by atoms with Gasteiger partial charge in [0.25, 0.3) is 0 Å². The number of carbonyl (C=O) groups excluding carboxylic acids is 2. The number of ether oxygens (including phenoxy) is 1. The Labute approximate surface area is 123 Å². The van der Waals surface area contributed by atoms with Crippen LogP contribution < -0.4 is 4.90 Å². The zero-order valence-corrected chi connectivity index (χ0v) is 12.2. The first-order chi connectivity index (χ1) is 9.45. The first-order valence-corrected chi connectivity index (χ1v) is 6.67. The van der Waals surface area contributed by atoms with Gasteiger partial charge in [-0.2, -0.15) is 0 Å². The van der Waals surface area contributed by atoms with Gasteiger partial charge >= 0.3 is 12.1 Å². The highest BCUT2D eigenvalue weighted by Crippen LogP contribution is 2.31. The van der Waals surface area contributed by atoms with E-state index in [2.05, 4.69) is 20.7 Å². The molecular formula is C13H12BrNO5. The molecule has 1 aromatic carbocycles. The standard InChI is InChI=1S/C13H12BrNO5/c1-20-13(19)15-5-4-8(12(17)18)11(16)9-6-7(14)2-3-10(9)15/h2-3,6,8H,4-5H2,1H3,(H,17,18). The van der Waals surface area contributed by atoms with Gasteiger partial charge in [0.05, 0.1) is 12.8 Å². The predicted molar refractivity (Wildman–Crippen MR) is 74.0 cm³/mol. The summed E-state index contributed by atoms with van der Waals surface area (Å²) in [5.41, 5.74) is 0.573. The van der Waals surface area contributed by atoms with Gasteiger partial charge in [-0.15, -0.1) is 0 Å². The van der Waals surface area contributed by atoms with Gasteiger partial charge in [-0.3, -0.25) is 14.5 Å². The maximum atomic E-state index is 12.3. The zero-order chi connectivity index (χ0) is 14.9. The Morgan fingerprint density at radius 3 is 2.75 bits per heavy atom. The Morgan fingerprint density at radius 1 is 1.45 bits per heavy atom. The van der Waals surface area contributed by atoms with E-state index in [1.807, 2.05) is 0 Å². The van der Waals surface area contributed by atoms with Gasteiger partial charge in [0.15, 0.2) is 5.78 Å². The van der Waals surface area contributed by atoms with Crippen LogP contribution in [0.1, 0.15) is 16.8 Å². The second-order valence-electron chi connectivity index (χ2n) is 4.33. The summed E-state index contributed by atoms with van der Waals surface area (Å²) in [7, 11) is 1.24. The Morgan fingerprint density at radius 2 is 2.15 bits per heavy atom. The molecule has 1 aliphatic heterocycles. The molecule has 1 aliphatic rings. The fourth-order valence-corrected chi connectivity index (χ4v) is 2.53. The van der Waals surface area contributed by atoms with E-state index in [9.17, 15) is 14.4 Å². The van der Waals surface area contributed by atoms with Crippen LogP contribution in [0.4, 0.5) is 10.5 Å². The van der Waals surface area contributed by atoms with Gasteiger partial charge in [0.2, 0.25) is 0 Å². The van der Waals surface area contributed by atoms with Crippen LogP contribution in [0, 0.1) is 5.92 Å². The van der Waals surface area contributed by atoms with Crippen molar-refractivity contribution < 1.29 is 24.2 Å². The van der Waals surface area contributed by atoms with Gasteiger partial charge in [-0.25, -0.2) is 4.79 Å². The Balaban J connectivity index is 2.56. The lowest BCUT2D eigenvalue weighted by atomic mass is 9.95. The fourth-order valence-electron chi connectivity index (χ4n) is 2.17. The number of anilines is 1. The number of benzene rings is 1. The molecule has 20 heavy (non-hydrogen) atoms. The van der Waals surface area contributed by atoms with Crippen LogP contribution in [-0.4, -0.2) is 36.6 Å². The molecule has 1 aromatic rings. The van der Waals surface area contributed by atoms with Crippen molar-refractivity contribution in [3.63, 3.8) is 0 Å². The van der Waals surface area contributed by atoms with Crippen molar-refractivity contribution in [1.82, 2.24) is 0 Å². The molecule has 0 aromatic heterocycles. The number of nitrogens with zero attached hydrogens (tertiary/aromatic N) is 1. The average Bonchev–Trinajstić information content (AvgIpc) is 2.55. The summed E-state index contributed by atoms with van der Waals surface area (Å²) >= 11 is 3.24. The number of carbonyl (C=O) groups is 3. The van der Waals surface area contributed by atoms with E-state index in [1.165, 1.54) is 18.1 Å². The third-order valence-corrected chi connectivity index (χ3v) is 3.66. The minimum absolute atomic E-state index is 0.0512. The number of halogens is 1. The number of hydrogen-bond donors (Lipinski definition) is 1. The average molecular weight is 342 g/mol. The quantitative estimate of drug-likeness (QED) is 0.792. The maximum Gasteiger partial charge on any atom is 0.414 e. The van der Waals surface area contributed by atoms with E-state index >= 15 is 0 Å². The van der Waals surface area contributed by atoms with Crippen LogP contribution in [0.15, 0.2) is 22.7 Å². The Bertz CT molecular complexity index is 586. The highest BCUT2D eigenvalue weighted by molar-refractivity contribution is 9.10. The van der Waals surface area contributed by atoms with Gasteiger partial charge in [-0.1, -0.05) is 15.9 Å². The molecule has 1 N–H and O–H groups in total. The van der Waals surface area contributed by atoms with Crippen molar-refractivity contribution in [1.29, 1.82) is 0 Å². The second-order valence-corrected chi connectivity index (χ2v) is 5.24. The van der Waals surface area contributed by atoms with Crippen molar-refractivity contribution in [2.24, 2.45) is 5.92 Å². The number of aliphatic carboxylic acids is 1. The van der Waals surface area contributed by atoms with E-state index in [-0.39, 0.29) is 18.5 Å². The number of methoxy groups -OCH3 is 1. The van der Waals surface area contributed by atoms with Gasteiger partial charge < -0.3 is 9.84 Å². The summed E-state index contributed by atoms with van der Waals surface area (Å²) in [4.78, 5) is 36.6. The van der Waals surface area contributed by atoms with Crippen LogP contribution in [0.2, 0.25) is 0 Å². The molecule has 0 aliphatic carbocycles. The van der Waals surface area contributed by atoms with Gasteiger partial charge in [0, 0.05) is 16.6 Å². The minimum atomic E-state index is -1.19. The number of carboxylic acid groups (broad SMARTS) is 1. The first-order valence-electron chi connectivity index (χ1n) is 5.87. The predicted octanol–water partition coefficient (Wildman–Crippen LogP) is 2.31. The van der Waals surface area contributed by atoms with Crippen molar-refractivity contribution in [2.45, 2.75) is 6.42 Å². The molecule has 6 nitrogen and oxygen atoms in total. The minimum Gasteiger partial charge on any atom is -0.481 e. The molecule has 7 heteroatoms. The number of ketones is 1. The summed E-state index contributed by atoms with van der Waals surface area (Å²) in [5.74, 6) is -2.84. The molecule has 0 saturated carbocycles. The summed E-state index contributed by atoms with van der Waals surface area (Å²) in [5, 5.41) is 9.14. The number of amides is 1. The number of carboxylic acids is 1. The van der Waals surface area contributed by atoms with Crippen molar-refractivity contribution >= 4 is 39.5 Å². The Kier molecular flexibility index (Phi) is 4.08. The monoisotopic (exact) mass is 341 g/mol. The molecule has 0 spiro atoms.